The van der Waals surface area contributed by atoms with Gasteiger partial charge >= 0.3 is 12.1 Å². The van der Waals surface area contributed by atoms with Gasteiger partial charge in [-0.05, 0) is 34.1 Å². The van der Waals surface area contributed by atoms with Crippen molar-refractivity contribution < 1.29 is 28.6 Å². The molecule has 0 aromatic heterocycles. The largest absolute Gasteiger partial charge is 0.467 e. The number of rotatable bonds is 9. The third kappa shape index (κ3) is 8.83. The second-order valence-electron chi connectivity index (χ2n) is 7.24. The fraction of sp³-hybridized carbons (Fsp3) is 0.824. The van der Waals surface area contributed by atoms with E-state index in [-0.39, 0.29) is 11.9 Å². The maximum Gasteiger partial charge on any atom is 0.408 e. The Morgan fingerprint density at radius 1 is 1.24 bits per heavy atom. The number of ether oxygens (including phenoxy) is 3. The molecule has 1 atom stereocenters. The molecule has 25 heavy (non-hydrogen) atoms. The third-order valence-corrected chi connectivity index (χ3v) is 3.57. The van der Waals surface area contributed by atoms with Crippen LogP contribution >= 0.6 is 0 Å². The van der Waals surface area contributed by atoms with Gasteiger partial charge in [0.25, 0.3) is 0 Å². The smallest absolute Gasteiger partial charge is 0.408 e. The zero-order valence-corrected chi connectivity index (χ0v) is 15.8. The second-order valence-corrected chi connectivity index (χ2v) is 7.24. The number of methoxy groups -OCH3 is 1. The Kier molecular flexibility index (Phi) is 8.31. The number of carbonyl (C=O) groups excluding carboxylic acids is 3. The van der Waals surface area contributed by atoms with Crippen molar-refractivity contribution in [1.82, 2.24) is 10.2 Å². The highest BCUT2D eigenvalue weighted by Crippen LogP contribution is 2.14. The summed E-state index contributed by atoms with van der Waals surface area (Å²) in [4.78, 5) is 36.6. The highest BCUT2D eigenvalue weighted by molar-refractivity contribution is 5.81. The number of esters is 1. The molecular formula is C17H30N2O6. The Hall–Kier alpha value is -1.67. The van der Waals surface area contributed by atoms with E-state index in [1.165, 1.54) is 7.11 Å². The zero-order chi connectivity index (χ0) is 19.0. The van der Waals surface area contributed by atoms with Gasteiger partial charge in [-0.15, -0.1) is 0 Å². The summed E-state index contributed by atoms with van der Waals surface area (Å²) in [6, 6.07) is -0.793. The summed E-state index contributed by atoms with van der Waals surface area (Å²) < 4.78 is 15.6. The molecule has 8 heteroatoms. The van der Waals surface area contributed by atoms with Gasteiger partial charge in [0.15, 0.2) is 0 Å². The number of nitrogens with one attached hydrogen (secondary N) is 1. The van der Waals surface area contributed by atoms with Crippen LogP contribution in [-0.4, -0.2) is 73.8 Å². The molecule has 0 spiro atoms. The Morgan fingerprint density at radius 3 is 2.40 bits per heavy atom. The van der Waals surface area contributed by atoms with E-state index in [9.17, 15) is 14.4 Å². The van der Waals surface area contributed by atoms with Crippen molar-refractivity contribution in [1.29, 1.82) is 0 Å². The Bertz CT molecular complexity index is 468. The predicted molar refractivity (Wildman–Crippen MR) is 91.3 cm³/mol. The Balaban J connectivity index is 2.34. The van der Waals surface area contributed by atoms with Gasteiger partial charge in [-0.2, -0.15) is 0 Å². The van der Waals surface area contributed by atoms with E-state index in [1.807, 2.05) is 4.90 Å². The van der Waals surface area contributed by atoms with Gasteiger partial charge in [-0.3, -0.25) is 4.90 Å². The second kappa shape index (κ2) is 9.72. The van der Waals surface area contributed by atoms with Crippen LogP contribution in [0.4, 0.5) is 4.79 Å². The van der Waals surface area contributed by atoms with E-state index >= 15 is 0 Å². The van der Waals surface area contributed by atoms with Gasteiger partial charge in [-0.25, -0.2) is 9.59 Å². The lowest BCUT2D eigenvalue weighted by Crippen LogP contribution is -2.58. The van der Waals surface area contributed by atoms with E-state index in [4.69, 9.17) is 14.2 Å². The number of amides is 1. The molecule has 144 valence electrons. The van der Waals surface area contributed by atoms with Crippen molar-refractivity contribution in [3.63, 3.8) is 0 Å². The minimum Gasteiger partial charge on any atom is -0.467 e. The van der Waals surface area contributed by atoms with Crippen LogP contribution in [-0.2, 0) is 23.8 Å². The number of hydrogen-bond donors (Lipinski definition) is 1. The van der Waals surface area contributed by atoms with Crippen molar-refractivity contribution in [2.24, 2.45) is 0 Å². The SMILES string of the molecule is COC(=O)[C@H](CN1CC(OCCCC(C)=O)C1)NC(=O)OC(C)(C)C. The number of carbonyl (C=O) groups is 3. The average Bonchev–Trinajstić information content (AvgIpc) is 2.44. The van der Waals surface area contributed by atoms with Crippen molar-refractivity contribution in [2.75, 3.05) is 33.4 Å². The normalized spacial score (nSPS) is 16.7. The monoisotopic (exact) mass is 358 g/mol. The van der Waals surface area contributed by atoms with Crippen molar-refractivity contribution in [3.05, 3.63) is 0 Å². The van der Waals surface area contributed by atoms with Crippen LogP contribution in [0.15, 0.2) is 0 Å². The third-order valence-electron chi connectivity index (χ3n) is 3.57. The standard InChI is InChI=1S/C17H30N2O6/c1-12(20)7-6-8-24-13-9-19(10-13)11-14(15(21)23-5)18-16(22)25-17(2,3)4/h13-14H,6-11H2,1-5H3,(H,18,22)/t14-/m0/s1. The van der Waals surface area contributed by atoms with E-state index < -0.39 is 23.7 Å². The average molecular weight is 358 g/mol. The molecule has 0 unspecified atom stereocenters. The minimum atomic E-state index is -0.793. The summed E-state index contributed by atoms with van der Waals surface area (Å²) in [5.41, 5.74) is -0.639. The van der Waals surface area contributed by atoms with E-state index in [2.05, 4.69) is 5.32 Å². The zero-order valence-electron chi connectivity index (χ0n) is 15.8. The molecular weight excluding hydrogens is 328 g/mol. The van der Waals surface area contributed by atoms with Gasteiger partial charge in [0, 0.05) is 32.7 Å². The fourth-order valence-corrected chi connectivity index (χ4v) is 2.38. The number of likely N-dealkylation sites (tertiary alicyclic amines) is 1. The number of hydrogen-bond acceptors (Lipinski definition) is 7. The molecule has 1 saturated heterocycles. The molecule has 0 aliphatic carbocycles. The van der Waals surface area contributed by atoms with Gasteiger partial charge < -0.3 is 24.3 Å². The lowest BCUT2D eigenvalue weighted by atomic mass is 10.1. The Morgan fingerprint density at radius 2 is 1.88 bits per heavy atom. The van der Waals surface area contributed by atoms with Crippen LogP contribution in [0.3, 0.4) is 0 Å². The van der Waals surface area contributed by atoms with Gasteiger partial charge in [-0.1, -0.05) is 0 Å². The van der Waals surface area contributed by atoms with Crippen LogP contribution in [0.5, 0.6) is 0 Å². The number of alkyl carbamates (subject to hydrolysis) is 1. The maximum absolute atomic E-state index is 11.9. The summed E-state index contributed by atoms with van der Waals surface area (Å²) in [5, 5.41) is 2.55. The van der Waals surface area contributed by atoms with Crippen LogP contribution in [0.1, 0.15) is 40.5 Å². The van der Waals surface area contributed by atoms with Crippen molar-refractivity contribution >= 4 is 17.8 Å². The molecule has 1 amide bonds. The first kappa shape index (κ1) is 21.4. The number of ketones is 1. The molecule has 8 nitrogen and oxygen atoms in total. The van der Waals surface area contributed by atoms with Gasteiger partial charge in [0.2, 0.25) is 0 Å². The summed E-state index contributed by atoms with van der Waals surface area (Å²) in [5.74, 6) is -0.357. The molecule has 0 radical (unpaired) electrons. The number of nitrogens with zero attached hydrogens (tertiary/aromatic N) is 1. The summed E-state index contributed by atoms with van der Waals surface area (Å²) in [6.07, 6.45) is 0.685. The molecule has 1 N–H and O–H groups in total. The van der Waals surface area contributed by atoms with Crippen LogP contribution in [0, 0.1) is 0 Å². The van der Waals surface area contributed by atoms with Crippen LogP contribution in [0.2, 0.25) is 0 Å². The summed E-state index contributed by atoms with van der Waals surface area (Å²) >= 11 is 0. The fourth-order valence-electron chi connectivity index (χ4n) is 2.38. The molecule has 1 rings (SSSR count). The van der Waals surface area contributed by atoms with E-state index in [0.717, 1.165) is 6.42 Å². The van der Waals surface area contributed by atoms with Gasteiger partial charge in [0.05, 0.1) is 13.2 Å². The molecule has 0 saturated carbocycles. The highest BCUT2D eigenvalue weighted by atomic mass is 16.6. The molecule has 0 bridgehead atoms. The lowest BCUT2D eigenvalue weighted by molar-refractivity contribution is -0.145. The molecule has 1 fully saturated rings. The quantitative estimate of drug-likeness (QED) is 0.487. The minimum absolute atomic E-state index is 0.0896. The van der Waals surface area contributed by atoms with E-state index in [0.29, 0.717) is 32.7 Å². The van der Waals surface area contributed by atoms with Crippen LogP contribution < -0.4 is 5.32 Å². The highest BCUT2D eigenvalue weighted by Gasteiger charge is 2.33. The molecule has 1 aliphatic rings. The lowest BCUT2D eigenvalue weighted by Gasteiger charge is -2.40. The maximum atomic E-state index is 11.9. The molecule has 1 aliphatic heterocycles. The predicted octanol–water partition coefficient (Wildman–Crippen LogP) is 1.12. The number of Topliss-reactive ketones (excluding diaryl/α,β-unsaturated/α-hetero) is 1. The van der Waals surface area contributed by atoms with Crippen molar-refractivity contribution in [2.45, 2.75) is 58.3 Å². The first-order valence-electron chi connectivity index (χ1n) is 8.51. The Labute approximate surface area is 149 Å². The summed E-state index contributed by atoms with van der Waals surface area (Å²) in [6.45, 7) is 9.05. The topological polar surface area (TPSA) is 94.2 Å². The first-order chi connectivity index (χ1) is 11.6. The first-order valence-corrected chi connectivity index (χ1v) is 8.51. The van der Waals surface area contributed by atoms with Gasteiger partial charge in [0.1, 0.15) is 17.4 Å². The summed E-state index contributed by atoms with van der Waals surface area (Å²) in [7, 11) is 1.28. The van der Waals surface area contributed by atoms with Crippen LogP contribution in [0.25, 0.3) is 0 Å². The van der Waals surface area contributed by atoms with E-state index in [1.54, 1.807) is 27.7 Å². The molecule has 0 aromatic rings. The molecule has 0 aromatic carbocycles. The van der Waals surface area contributed by atoms with Crippen molar-refractivity contribution in [3.8, 4) is 0 Å². The molecule has 1 heterocycles.